The third kappa shape index (κ3) is 4.71. The SMILES string of the molecule is O=C1CCc2c(OCCCC3Cc4ccccc4C34CCC(Nc3cccc(Cl)c3)(C(=O)O)CC4)cccc21. The molecule has 0 aliphatic heterocycles. The largest absolute Gasteiger partial charge is 0.493 e. The normalized spacial score (nSPS) is 25.4. The van der Waals surface area contributed by atoms with Gasteiger partial charge in [-0.25, -0.2) is 4.79 Å². The van der Waals surface area contributed by atoms with Crippen LogP contribution in [0.5, 0.6) is 5.75 Å². The topological polar surface area (TPSA) is 75.6 Å². The summed E-state index contributed by atoms with van der Waals surface area (Å²) in [7, 11) is 0. The van der Waals surface area contributed by atoms with Gasteiger partial charge in [0.25, 0.3) is 0 Å². The minimum atomic E-state index is -1.01. The minimum absolute atomic E-state index is 0.0219. The summed E-state index contributed by atoms with van der Waals surface area (Å²) >= 11 is 6.18. The van der Waals surface area contributed by atoms with Crippen LogP contribution in [-0.4, -0.2) is 29.0 Å². The molecule has 39 heavy (non-hydrogen) atoms. The number of ketones is 1. The van der Waals surface area contributed by atoms with E-state index < -0.39 is 11.5 Å². The summed E-state index contributed by atoms with van der Waals surface area (Å²) in [6, 6.07) is 21.8. The molecule has 0 bridgehead atoms. The highest BCUT2D eigenvalue weighted by molar-refractivity contribution is 6.30. The first kappa shape index (κ1) is 25.9. The first-order valence-corrected chi connectivity index (χ1v) is 14.4. The smallest absolute Gasteiger partial charge is 0.329 e. The Labute approximate surface area is 234 Å². The lowest BCUT2D eigenvalue weighted by Crippen LogP contribution is -2.53. The Morgan fingerprint density at radius 3 is 2.59 bits per heavy atom. The molecule has 2 N–H and O–H groups in total. The Bertz CT molecular complexity index is 1410. The summed E-state index contributed by atoms with van der Waals surface area (Å²) in [6.07, 6.45) is 7.05. The van der Waals surface area contributed by atoms with Crippen LogP contribution in [0, 0.1) is 5.92 Å². The van der Waals surface area contributed by atoms with Crippen molar-refractivity contribution in [3.05, 3.63) is 94.0 Å². The predicted molar refractivity (Wildman–Crippen MR) is 153 cm³/mol. The number of carboxylic acid groups (broad SMARTS) is 1. The van der Waals surface area contributed by atoms with Gasteiger partial charge in [0.05, 0.1) is 6.61 Å². The highest BCUT2D eigenvalue weighted by Gasteiger charge is 2.53. The molecule has 1 saturated carbocycles. The van der Waals surface area contributed by atoms with Crippen molar-refractivity contribution in [2.75, 3.05) is 11.9 Å². The molecule has 1 spiro atoms. The predicted octanol–water partition coefficient (Wildman–Crippen LogP) is 7.25. The number of fused-ring (bicyclic) bond motifs is 3. The number of rotatable bonds is 8. The number of hydrogen-bond acceptors (Lipinski definition) is 4. The highest BCUT2D eigenvalue weighted by Crippen LogP contribution is 2.55. The molecule has 6 rings (SSSR count). The van der Waals surface area contributed by atoms with E-state index >= 15 is 0 Å². The van der Waals surface area contributed by atoms with E-state index in [9.17, 15) is 14.7 Å². The molecule has 0 radical (unpaired) electrons. The van der Waals surface area contributed by atoms with Crippen LogP contribution in [-0.2, 0) is 23.1 Å². The number of anilines is 1. The Balaban J connectivity index is 1.16. The van der Waals surface area contributed by atoms with E-state index in [0.717, 1.165) is 61.1 Å². The van der Waals surface area contributed by atoms with Gasteiger partial charge in [0.15, 0.2) is 5.78 Å². The fourth-order valence-electron chi connectivity index (χ4n) is 7.38. The number of nitrogens with one attached hydrogen (secondary N) is 1. The number of carboxylic acids is 1. The molecule has 1 fully saturated rings. The van der Waals surface area contributed by atoms with Gasteiger partial charge in [0.2, 0.25) is 0 Å². The van der Waals surface area contributed by atoms with Crippen molar-refractivity contribution in [2.24, 2.45) is 5.92 Å². The fourth-order valence-corrected chi connectivity index (χ4v) is 7.57. The number of ether oxygens (including phenoxy) is 1. The van der Waals surface area contributed by atoms with E-state index in [-0.39, 0.29) is 11.2 Å². The number of benzene rings is 3. The van der Waals surface area contributed by atoms with Crippen molar-refractivity contribution < 1.29 is 19.4 Å². The number of carbonyl (C=O) groups is 2. The van der Waals surface area contributed by atoms with Gasteiger partial charge in [-0.3, -0.25) is 4.79 Å². The molecule has 3 aromatic rings. The summed E-state index contributed by atoms with van der Waals surface area (Å²) in [5, 5.41) is 14.3. The van der Waals surface area contributed by atoms with Crippen LogP contribution in [0.1, 0.15) is 72.0 Å². The fraction of sp³-hybridized carbons (Fsp3) is 0.394. The van der Waals surface area contributed by atoms with E-state index in [4.69, 9.17) is 16.3 Å². The maximum Gasteiger partial charge on any atom is 0.329 e. The monoisotopic (exact) mass is 543 g/mol. The molecular weight excluding hydrogens is 510 g/mol. The molecule has 0 amide bonds. The van der Waals surface area contributed by atoms with Gasteiger partial charge in [0, 0.05) is 28.3 Å². The van der Waals surface area contributed by atoms with Gasteiger partial charge >= 0.3 is 5.97 Å². The number of halogens is 1. The van der Waals surface area contributed by atoms with Crippen LogP contribution in [0.4, 0.5) is 5.69 Å². The molecular formula is C33H34ClNO4. The van der Waals surface area contributed by atoms with Crippen LogP contribution in [0.3, 0.4) is 0 Å². The van der Waals surface area contributed by atoms with Crippen molar-refractivity contribution in [1.82, 2.24) is 0 Å². The summed E-state index contributed by atoms with van der Waals surface area (Å²) in [5.74, 6) is 0.696. The summed E-state index contributed by atoms with van der Waals surface area (Å²) in [4.78, 5) is 24.7. The van der Waals surface area contributed by atoms with E-state index in [1.807, 2.05) is 30.3 Å². The van der Waals surface area contributed by atoms with Crippen LogP contribution in [0.25, 0.3) is 0 Å². The molecule has 1 atom stereocenters. The molecule has 1 unspecified atom stereocenters. The van der Waals surface area contributed by atoms with Crippen molar-refractivity contribution >= 4 is 29.0 Å². The molecule has 0 aromatic heterocycles. The second-order valence-corrected chi connectivity index (χ2v) is 11.9. The van der Waals surface area contributed by atoms with Gasteiger partial charge in [-0.1, -0.05) is 54.1 Å². The van der Waals surface area contributed by atoms with Crippen LogP contribution in [0.15, 0.2) is 66.7 Å². The zero-order valence-corrected chi connectivity index (χ0v) is 22.8. The van der Waals surface area contributed by atoms with Gasteiger partial charge in [-0.2, -0.15) is 0 Å². The van der Waals surface area contributed by atoms with Crippen LogP contribution >= 0.6 is 11.6 Å². The number of hydrogen-bond donors (Lipinski definition) is 2. The number of Topliss-reactive ketones (excluding diaryl/α,β-unsaturated/α-hetero) is 1. The lowest BCUT2D eigenvalue weighted by molar-refractivity contribution is -0.144. The van der Waals surface area contributed by atoms with Crippen molar-refractivity contribution in [3.63, 3.8) is 0 Å². The second kappa shape index (κ2) is 10.3. The summed E-state index contributed by atoms with van der Waals surface area (Å²) in [6.45, 7) is 0.614. The van der Waals surface area contributed by atoms with E-state index in [1.54, 1.807) is 12.1 Å². The summed E-state index contributed by atoms with van der Waals surface area (Å²) < 4.78 is 6.20. The Hall–Kier alpha value is -3.31. The van der Waals surface area contributed by atoms with Gasteiger partial charge in [-0.15, -0.1) is 0 Å². The molecule has 3 aromatic carbocycles. The average molecular weight is 544 g/mol. The molecule has 5 nitrogen and oxygen atoms in total. The zero-order valence-electron chi connectivity index (χ0n) is 22.0. The van der Waals surface area contributed by atoms with Crippen molar-refractivity contribution in [2.45, 2.75) is 68.7 Å². The molecule has 3 aliphatic carbocycles. The van der Waals surface area contributed by atoms with E-state index in [0.29, 0.717) is 36.8 Å². The Morgan fingerprint density at radius 2 is 1.79 bits per heavy atom. The van der Waals surface area contributed by atoms with Gasteiger partial charge in [0.1, 0.15) is 11.3 Å². The summed E-state index contributed by atoms with van der Waals surface area (Å²) in [5.41, 5.74) is 4.38. The number of aliphatic carboxylic acids is 1. The number of carbonyl (C=O) groups excluding carboxylic acids is 1. The van der Waals surface area contributed by atoms with Gasteiger partial charge in [-0.05, 0) is 98.1 Å². The Kier molecular flexibility index (Phi) is 6.88. The first-order valence-electron chi connectivity index (χ1n) is 14.0. The first-order chi connectivity index (χ1) is 18.9. The van der Waals surface area contributed by atoms with E-state index in [2.05, 4.69) is 29.6 Å². The molecule has 6 heteroatoms. The Morgan fingerprint density at radius 1 is 1.00 bits per heavy atom. The third-order valence-corrected chi connectivity index (χ3v) is 9.64. The molecule has 0 saturated heterocycles. The quantitative estimate of drug-likeness (QED) is 0.293. The van der Waals surface area contributed by atoms with Crippen molar-refractivity contribution in [3.8, 4) is 5.75 Å². The maximum atomic E-state index is 12.6. The molecule has 3 aliphatic rings. The molecule has 202 valence electrons. The third-order valence-electron chi connectivity index (χ3n) is 9.40. The van der Waals surface area contributed by atoms with Gasteiger partial charge < -0.3 is 15.2 Å². The highest BCUT2D eigenvalue weighted by atomic mass is 35.5. The lowest BCUT2D eigenvalue weighted by atomic mass is 9.60. The molecule has 0 heterocycles. The second-order valence-electron chi connectivity index (χ2n) is 11.4. The van der Waals surface area contributed by atoms with Crippen molar-refractivity contribution in [1.29, 1.82) is 0 Å². The minimum Gasteiger partial charge on any atom is -0.493 e. The van der Waals surface area contributed by atoms with Crippen LogP contribution in [0.2, 0.25) is 5.02 Å². The lowest BCUT2D eigenvalue weighted by Gasteiger charge is -2.47. The standard InChI is InChI=1S/C33H34ClNO4/c34-24-8-3-9-25(21-24)35-33(31(37)38)17-15-32(16-18-33)23(20-22-6-1-2-11-28(22)32)7-5-19-39-30-12-4-10-26-27(30)13-14-29(26)36/h1-4,6,8-12,21,23,35H,5,7,13-20H2,(H,37,38). The van der Waals surface area contributed by atoms with E-state index in [1.165, 1.54) is 11.1 Å². The van der Waals surface area contributed by atoms with Crippen LogP contribution < -0.4 is 10.1 Å². The average Bonchev–Trinajstić information content (AvgIpc) is 3.46. The maximum absolute atomic E-state index is 12.6. The zero-order chi connectivity index (χ0) is 27.0.